The molecule has 10 aromatic carbocycles. The van der Waals surface area contributed by atoms with Crippen LogP contribution in [0.5, 0.6) is 0 Å². The topological polar surface area (TPSA) is 102 Å². The van der Waals surface area contributed by atoms with Gasteiger partial charge in [-0.05, 0) is 118 Å². The highest BCUT2D eigenvalue weighted by Crippen LogP contribution is 2.43. The van der Waals surface area contributed by atoms with Crippen LogP contribution in [0.2, 0.25) is 0 Å². The van der Waals surface area contributed by atoms with E-state index in [1.54, 1.807) is 12.1 Å². The minimum atomic E-state index is -1.38. The first kappa shape index (κ1) is 49.9. The molecule has 0 radical (unpaired) electrons. The van der Waals surface area contributed by atoms with Gasteiger partial charge in [-0.3, -0.25) is 9.13 Å². The molecule has 11 heteroatoms. The summed E-state index contributed by atoms with van der Waals surface area (Å²) in [6, 6.07) is 85.1. The van der Waals surface area contributed by atoms with Crippen LogP contribution in [0, 0.1) is 0 Å². The standard InChI is InChI=1S/C39H24N4.C21H12Br2N2.C10H9BO2/c1-5-13-33-25(9-1)16-19-35(41-33)27-18-21-37-31(23-27)32-24-30(36-20-17-26-10-2-6-14-34(26)42-36)28-11-3-4-12-29(28)39(32)43(37)38-15-7-8-22-40-38;22-13-8-9-19-16(11-13)17-12-18(23)14-5-1-2-6-15(14)21(17)25(19)20-7-3-4-10-24-20;12-11(13)10-6-5-8-3-1-2-4-9(8)7-10/h1-24H;1-12H;1-7,12-13H. The van der Waals surface area contributed by atoms with Gasteiger partial charge < -0.3 is 10.0 Å². The second-order valence-corrected chi connectivity index (χ2v) is 21.6. The van der Waals surface area contributed by atoms with Gasteiger partial charge in [0.15, 0.2) is 0 Å². The number of hydrogen-bond donors (Lipinski definition) is 2. The maximum atomic E-state index is 8.94. The number of nitrogens with zero attached hydrogens (tertiary/aromatic N) is 6. The summed E-state index contributed by atoms with van der Waals surface area (Å²) in [6.07, 6.45) is 3.70. The van der Waals surface area contributed by atoms with Crippen molar-refractivity contribution in [1.29, 1.82) is 0 Å². The van der Waals surface area contributed by atoms with Crippen molar-refractivity contribution in [1.82, 2.24) is 29.1 Å². The van der Waals surface area contributed by atoms with Crippen LogP contribution in [0.25, 0.3) is 132 Å². The second kappa shape index (κ2) is 21.0. The molecule has 6 heterocycles. The zero-order chi connectivity index (χ0) is 54.6. The largest absolute Gasteiger partial charge is 0.488 e. The van der Waals surface area contributed by atoms with E-state index in [0.29, 0.717) is 5.46 Å². The summed E-state index contributed by atoms with van der Waals surface area (Å²) in [6.45, 7) is 0. The van der Waals surface area contributed by atoms with Crippen molar-refractivity contribution in [2.24, 2.45) is 0 Å². The maximum Gasteiger partial charge on any atom is 0.488 e. The van der Waals surface area contributed by atoms with Crippen molar-refractivity contribution in [3.8, 4) is 34.2 Å². The molecule has 0 spiro atoms. The molecule has 2 N–H and O–H groups in total. The molecule has 0 amide bonds. The van der Waals surface area contributed by atoms with Gasteiger partial charge in [-0.1, -0.05) is 190 Å². The molecule has 0 fully saturated rings. The molecular weight excluding hydrogens is 1130 g/mol. The van der Waals surface area contributed by atoms with Crippen LogP contribution in [0.4, 0.5) is 0 Å². The lowest BCUT2D eigenvalue weighted by molar-refractivity contribution is 0.426. The van der Waals surface area contributed by atoms with Crippen molar-refractivity contribution >= 4 is 142 Å². The molecule has 81 heavy (non-hydrogen) atoms. The van der Waals surface area contributed by atoms with Crippen LogP contribution in [-0.4, -0.2) is 46.2 Å². The van der Waals surface area contributed by atoms with Crippen molar-refractivity contribution in [2.75, 3.05) is 0 Å². The van der Waals surface area contributed by atoms with Gasteiger partial charge in [0, 0.05) is 75.6 Å². The summed E-state index contributed by atoms with van der Waals surface area (Å²) < 4.78 is 6.73. The number of hydrogen-bond acceptors (Lipinski definition) is 6. The van der Waals surface area contributed by atoms with E-state index < -0.39 is 7.12 Å². The summed E-state index contributed by atoms with van der Waals surface area (Å²) in [5.41, 5.74) is 11.2. The Bertz CT molecular complexity index is 5090. The van der Waals surface area contributed by atoms with Crippen LogP contribution in [0.1, 0.15) is 0 Å². The Kier molecular flexibility index (Phi) is 13.0. The van der Waals surface area contributed by atoms with Gasteiger partial charge >= 0.3 is 7.12 Å². The van der Waals surface area contributed by atoms with E-state index in [1.807, 2.05) is 79.1 Å². The summed E-state index contributed by atoms with van der Waals surface area (Å²) in [4.78, 5) is 19.5. The van der Waals surface area contributed by atoms with Gasteiger partial charge in [-0.2, -0.15) is 0 Å². The Morgan fingerprint density at radius 1 is 0.358 bits per heavy atom. The lowest BCUT2D eigenvalue weighted by Gasteiger charge is -2.12. The third-order valence-electron chi connectivity index (χ3n) is 15.0. The van der Waals surface area contributed by atoms with Gasteiger partial charge in [0.05, 0.1) is 44.5 Å². The van der Waals surface area contributed by atoms with E-state index in [9.17, 15) is 0 Å². The smallest absolute Gasteiger partial charge is 0.423 e. The fourth-order valence-electron chi connectivity index (χ4n) is 11.3. The van der Waals surface area contributed by atoms with E-state index in [4.69, 9.17) is 25.0 Å². The molecule has 16 rings (SSSR count). The predicted molar refractivity (Wildman–Crippen MR) is 343 cm³/mol. The highest BCUT2D eigenvalue weighted by molar-refractivity contribution is 9.11. The Morgan fingerprint density at radius 3 is 1.51 bits per heavy atom. The van der Waals surface area contributed by atoms with Gasteiger partial charge in [0.25, 0.3) is 0 Å². The first-order valence-electron chi connectivity index (χ1n) is 26.5. The molecular formula is C70H45BBr2N6O2. The Labute approximate surface area is 482 Å². The normalized spacial score (nSPS) is 11.5. The average Bonchev–Trinajstić information content (AvgIpc) is 4.08. The van der Waals surface area contributed by atoms with Crippen molar-refractivity contribution < 1.29 is 10.0 Å². The molecule has 0 atom stereocenters. The number of pyridine rings is 4. The fraction of sp³-hybridized carbons (Fsp3) is 0. The summed E-state index contributed by atoms with van der Waals surface area (Å²) in [5.74, 6) is 1.82. The average molecular weight is 1170 g/mol. The van der Waals surface area contributed by atoms with E-state index >= 15 is 0 Å². The number of benzene rings is 10. The molecule has 0 unspecified atom stereocenters. The predicted octanol–water partition coefficient (Wildman–Crippen LogP) is 17.1. The van der Waals surface area contributed by atoms with E-state index in [0.717, 1.165) is 114 Å². The summed E-state index contributed by atoms with van der Waals surface area (Å²) in [7, 11) is -1.38. The summed E-state index contributed by atoms with van der Waals surface area (Å²) in [5, 5.41) is 31.8. The number of rotatable bonds is 5. The number of fused-ring (bicyclic) bond motifs is 13. The number of aromatic nitrogens is 6. The highest BCUT2D eigenvalue weighted by Gasteiger charge is 2.21. The number of para-hydroxylation sites is 2. The minimum absolute atomic E-state index is 0.527. The molecule has 0 aliphatic rings. The fourth-order valence-corrected chi connectivity index (χ4v) is 12.2. The Balaban J connectivity index is 0.000000129. The molecule has 0 aliphatic carbocycles. The van der Waals surface area contributed by atoms with Gasteiger partial charge in [-0.15, -0.1) is 0 Å². The Hall–Kier alpha value is -9.36. The van der Waals surface area contributed by atoms with E-state index in [-0.39, 0.29) is 0 Å². The van der Waals surface area contributed by atoms with Gasteiger partial charge in [-0.25, -0.2) is 19.9 Å². The van der Waals surface area contributed by atoms with Crippen molar-refractivity contribution in [3.05, 3.63) is 270 Å². The second-order valence-electron chi connectivity index (χ2n) is 19.9. The third-order valence-corrected chi connectivity index (χ3v) is 16.2. The zero-order valence-electron chi connectivity index (χ0n) is 43.2. The maximum absolute atomic E-state index is 8.94. The molecule has 0 bridgehead atoms. The lowest BCUT2D eigenvalue weighted by atomic mass is 9.79. The minimum Gasteiger partial charge on any atom is -0.423 e. The molecule has 0 saturated carbocycles. The van der Waals surface area contributed by atoms with Crippen LogP contribution in [0.15, 0.2) is 270 Å². The van der Waals surface area contributed by atoms with Crippen molar-refractivity contribution in [2.45, 2.75) is 0 Å². The zero-order valence-corrected chi connectivity index (χ0v) is 46.4. The van der Waals surface area contributed by atoms with Crippen LogP contribution in [0.3, 0.4) is 0 Å². The van der Waals surface area contributed by atoms with Gasteiger partial charge in [0.2, 0.25) is 0 Å². The van der Waals surface area contributed by atoms with Crippen molar-refractivity contribution in [3.63, 3.8) is 0 Å². The first-order chi connectivity index (χ1) is 39.8. The SMILES string of the molecule is Brc1ccc2c(c1)c1cc(Br)c3ccccc3c1n2-c1ccccn1.OB(O)c1ccc2ccccc2c1.c1ccc(-n2c3ccc(-c4ccc5ccccc5n4)cc3c3cc(-c4ccc5ccccc5n4)c4ccccc4c32)nc1. The van der Waals surface area contributed by atoms with Crippen LogP contribution < -0.4 is 5.46 Å². The third kappa shape index (κ3) is 9.16. The summed E-state index contributed by atoms with van der Waals surface area (Å²) >= 11 is 7.37. The Morgan fingerprint density at radius 2 is 0.864 bits per heavy atom. The van der Waals surface area contributed by atoms with Crippen LogP contribution in [-0.2, 0) is 0 Å². The number of halogens is 2. The monoisotopic (exact) mass is 1170 g/mol. The lowest BCUT2D eigenvalue weighted by Crippen LogP contribution is -2.29. The quantitative estimate of drug-likeness (QED) is 0.167. The van der Waals surface area contributed by atoms with Crippen LogP contribution >= 0.6 is 31.9 Å². The molecule has 0 aliphatic heterocycles. The molecule has 16 aromatic rings. The van der Waals surface area contributed by atoms with E-state index in [1.165, 1.54) is 27.1 Å². The molecule has 0 saturated heterocycles. The van der Waals surface area contributed by atoms with E-state index in [2.05, 4.69) is 216 Å². The molecule has 8 nitrogen and oxygen atoms in total. The van der Waals surface area contributed by atoms with Gasteiger partial charge in [0.1, 0.15) is 11.6 Å². The molecule has 6 aromatic heterocycles. The molecule has 384 valence electrons. The first-order valence-corrected chi connectivity index (χ1v) is 28.1. The highest BCUT2D eigenvalue weighted by atomic mass is 79.9.